The third kappa shape index (κ3) is 5.88. The van der Waals surface area contributed by atoms with Crippen LogP contribution in [0.25, 0.3) is 0 Å². The predicted octanol–water partition coefficient (Wildman–Crippen LogP) is 7.53. The first-order chi connectivity index (χ1) is 23.2. The van der Waals surface area contributed by atoms with E-state index in [0.29, 0.717) is 5.66 Å². The highest BCUT2D eigenvalue weighted by molar-refractivity contribution is 7.77. The van der Waals surface area contributed by atoms with Crippen LogP contribution in [0.2, 0.25) is 0 Å². The first kappa shape index (κ1) is 30.7. The maximum Gasteiger partial charge on any atom is 0.208 e. The summed E-state index contributed by atoms with van der Waals surface area (Å²) in [6, 6.07) is 61.5. The molecule has 0 N–H and O–H groups in total. The Morgan fingerprint density at radius 2 is 0.936 bits per heavy atom. The van der Waals surface area contributed by atoms with Gasteiger partial charge in [0.15, 0.2) is 0 Å². The van der Waals surface area contributed by atoms with Gasteiger partial charge in [-0.05, 0) is 79.3 Å². The molecule has 0 unspecified atom stereocenters. The van der Waals surface area contributed by atoms with Crippen LogP contribution >= 0.6 is 23.1 Å². The molecule has 0 amide bonds. The number of benzene rings is 6. The number of fused-ring (bicyclic) bond motifs is 2. The molecule has 2 heterocycles. The van der Waals surface area contributed by atoms with E-state index in [-0.39, 0.29) is 6.04 Å². The van der Waals surface area contributed by atoms with Crippen molar-refractivity contribution in [2.75, 3.05) is 12.7 Å². The maximum atomic E-state index is 16.3. The molecule has 0 aliphatic carbocycles. The molecule has 0 saturated carbocycles. The van der Waals surface area contributed by atoms with Crippen LogP contribution in [0, 0.1) is 0 Å². The van der Waals surface area contributed by atoms with E-state index < -0.39 is 23.1 Å². The summed E-state index contributed by atoms with van der Waals surface area (Å²) in [6.07, 6.45) is 2.82. The first-order valence-corrected chi connectivity index (χ1v) is 21.1. The fourth-order valence-electron chi connectivity index (χ4n) is 7.63. The quantitative estimate of drug-likeness (QED) is 0.157. The van der Waals surface area contributed by atoms with Gasteiger partial charge in [0, 0.05) is 28.9 Å². The van der Waals surface area contributed by atoms with Gasteiger partial charge < -0.3 is 0 Å². The number of hydrogen-bond acceptors (Lipinski definition) is 1. The monoisotopic (exact) mass is 665 g/mol. The van der Waals surface area contributed by atoms with Gasteiger partial charge >= 0.3 is 0 Å². The minimum Gasteiger partial charge on any atom is -0.296 e. The average Bonchev–Trinajstić information content (AvgIpc) is 3.56. The van der Waals surface area contributed by atoms with Crippen LogP contribution in [-0.2, 0) is 11.0 Å². The van der Waals surface area contributed by atoms with Crippen molar-refractivity contribution in [1.82, 2.24) is 4.67 Å². The summed E-state index contributed by atoms with van der Waals surface area (Å²) >= 11 is 0. The molecule has 2 aliphatic heterocycles. The Morgan fingerprint density at radius 1 is 0.532 bits per heavy atom. The van der Waals surface area contributed by atoms with Crippen LogP contribution in [-0.4, -0.2) is 29.1 Å². The first-order valence-electron chi connectivity index (χ1n) is 16.5. The summed E-state index contributed by atoms with van der Waals surface area (Å²) in [7, 11) is -4.48. The van der Waals surface area contributed by atoms with Crippen molar-refractivity contribution in [3.05, 3.63) is 181 Å². The maximum absolute atomic E-state index is 16.3. The van der Waals surface area contributed by atoms with Gasteiger partial charge in [0.25, 0.3) is 0 Å². The molecule has 2 aliphatic rings. The van der Waals surface area contributed by atoms with Gasteiger partial charge in [-0.2, -0.15) is 0 Å². The lowest BCUT2D eigenvalue weighted by Gasteiger charge is -2.39. The molecule has 232 valence electrons. The Labute approximate surface area is 281 Å². The Kier molecular flexibility index (Phi) is 8.80. The van der Waals surface area contributed by atoms with Gasteiger partial charge in [-0.15, -0.1) is 0 Å². The van der Waals surface area contributed by atoms with E-state index in [0.717, 1.165) is 36.2 Å². The molecule has 1 fully saturated rings. The highest BCUT2D eigenvalue weighted by atomic mass is 31.2. The molecule has 6 aromatic carbocycles. The van der Waals surface area contributed by atoms with E-state index in [4.69, 9.17) is 0 Å². The number of hydrogen-bond donors (Lipinski definition) is 0. The molecule has 0 spiro atoms. The zero-order valence-corrected chi connectivity index (χ0v) is 29.0. The lowest BCUT2D eigenvalue weighted by molar-refractivity contribution is 0.422. The van der Waals surface area contributed by atoms with Gasteiger partial charge in [-0.3, -0.25) is 4.57 Å². The van der Waals surface area contributed by atoms with Crippen LogP contribution in [0.15, 0.2) is 170 Å². The second-order valence-corrected chi connectivity index (χ2v) is 19.9. The number of rotatable bonds is 8. The zero-order chi connectivity index (χ0) is 31.6. The Balaban J connectivity index is 1.29. The third-order valence-electron chi connectivity index (χ3n) is 9.71. The number of nitrogens with zero attached hydrogens (tertiary/aromatic N) is 1. The zero-order valence-electron chi connectivity index (χ0n) is 26.3. The molecule has 5 heteroatoms. The molecule has 0 aromatic heterocycles. The minimum atomic E-state index is -3.14. The molecule has 2 nitrogen and oxygen atoms in total. The summed E-state index contributed by atoms with van der Waals surface area (Å²) in [5.41, 5.74) is 2.78. The van der Waals surface area contributed by atoms with E-state index in [1.807, 2.05) is 0 Å². The molecule has 1 saturated heterocycles. The van der Waals surface area contributed by atoms with Crippen molar-refractivity contribution in [3.8, 4) is 0 Å². The van der Waals surface area contributed by atoms with Crippen molar-refractivity contribution < 1.29 is 4.57 Å². The molecule has 0 radical (unpaired) electrons. The van der Waals surface area contributed by atoms with E-state index >= 15 is 4.57 Å². The van der Waals surface area contributed by atoms with Crippen LogP contribution in [0.1, 0.15) is 17.5 Å². The standard InChI is InChI=1S/C42H38NOP3/c44-47(41-27-15-13-17-33(41)29-34-18-14-16-28-42(34)47)43-31-40(46(38-23-9-3-10-24-38)39-25-11-4-12-26-39)30-35(43)32-45(36-19-5-1-6-20-36)37-21-7-2-8-22-37/h1-28,35,40H,29-32H2/t35-,40-/m0/s1. The van der Waals surface area contributed by atoms with Crippen LogP contribution in [0.4, 0.5) is 0 Å². The van der Waals surface area contributed by atoms with Crippen molar-refractivity contribution in [1.29, 1.82) is 0 Å². The molecule has 8 rings (SSSR count). The molecular weight excluding hydrogens is 627 g/mol. The van der Waals surface area contributed by atoms with E-state index in [2.05, 4.69) is 175 Å². The van der Waals surface area contributed by atoms with E-state index in [9.17, 15) is 0 Å². The van der Waals surface area contributed by atoms with E-state index in [1.165, 1.54) is 32.3 Å². The third-order valence-corrected chi connectivity index (χ3v) is 18.5. The molecule has 0 bridgehead atoms. The summed E-state index contributed by atoms with van der Waals surface area (Å²) in [5, 5.41) is 7.64. The van der Waals surface area contributed by atoms with Crippen LogP contribution in [0.3, 0.4) is 0 Å². The lowest BCUT2D eigenvalue weighted by atomic mass is 10.0. The van der Waals surface area contributed by atoms with Gasteiger partial charge in [-0.1, -0.05) is 158 Å². The Hall–Kier alpha value is -3.63. The van der Waals surface area contributed by atoms with Crippen molar-refractivity contribution in [2.45, 2.75) is 24.5 Å². The van der Waals surface area contributed by atoms with Crippen molar-refractivity contribution in [3.63, 3.8) is 0 Å². The summed E-state index contributed by atoms with van der Waals surface area (Å²) in [6.45, 7) is 0.812. The van der Waals surface area contributed by atoms with Gasteiger partial charge in [0.2, 0.25) is 7.29 Å². The van der Waals surface area contributed by atoms with Crippen molar-refractivity contribution in [2.24, 2.45) is 0 Å². The molecule has 47 heavy (non-hydrogen) atoms. The fraction of sp³-hybridized carbons (Fsp3) is 0.143. The Morgan fingerprint density at radius 3 is 1.40 bits per heavy atom. The topological polar surface area (TPSA) is 20.3 Å². The van der Waals surface area contributed by atoms with Gasteiger partial charge in [0.1, 0.15) is 0 Å². The normalized spacial score (nSPS) is 18.6. The fourth-order valence-corrected chi connectivity index (χ4v) is 16.9. The highest BCUT2D eigenvalue weighted by Gasteiger charge is 2.50. The smallest absolute Gasteiger partial charge is 0.208 e. The second kappa shape index (κ2) is 13.5. The van der Waals surface area contributed by atoms with Gasteiger partial charge in [0.05, 0.1) is 0 Å². The largest absolute Gasteiger partial charge is 0.296 e. The average molecular weight is 666 g/mol. The summed E-state index contributed by atoms with van der Waals surface area (Å²) in [4.78, 5) is 0. The molecule has 2 atom stereocenters. The minimum absolute atomic E-state index is 0.161. The van der Waals surface area contributed by atoms with Crippen molar-refractivity contribution >= 4 is 55.0 Å². The summed E-state index contributed by atoms with van der Waals surface area (Å²) < 4.78 is 18.9. The lowest BCUT2D eigenvalue weighted by Crippen LogP contribution is -2.42. The molecular formula is C42H38NOP3. The second-order valence-electron chi connectivity index (χ2n) is 12.5. The summed E-state index contributed by atoms with van der Waals surface area (Å²) in [5.74, 6) is 0. The molecule has 6 aromatic rings. The van der Waals surface area contributed by atoms with Gasteiger partial charge in [-0.25, -0.2) is 4.67 Å². The van der Waals surface area contributed by atoms with Crippen LogP contribution < -0.4 is 31.8 Å². The van der Waals surface area contributed by atoms with Crippen LogP contribution in [0.5, 0.6) is 0 Å². The SMILES string of the molecule is O=P1(N2C[C@@H](P(c3ccccc3)c3ccccc3)C[C@H]2CP(c2ccccc2)c2ccccc2)c2ccccc2Cc2ccccc21. The Bertz CT molecular complexity index is 1870. The van der Waals surface area contributed by atoms with E-state index in [1.54, 1.807) is 0 Å². The highest BCUT2D eigenvalue weighted by Crippen LogP contribution is 2.59. The predicted molar refractivity (Wildman–Crippen MR) is 204 cm³/mol.